The quantitative estimate of drug-likeness (QED) is 0.794. The minimum Gasteiger partial charge on any atom is -0.493 e. The zero-order valence-corrected chi connectivity index (χ0v) is 15.1. The van der Waals surface area contributed by atoms with Gasteiger partial charge in [-0.1, -0.05) is 46.8 Å². The molecule has 3 nitrogen and oxygen atoms in total. The molecule has 1 saturated carbocycles. The van der Waals surface area contributed by atoms with Crippen LogP contribution >= 0.6 is 0 Å². The highest BCUT2D eigenvalue weighted by atomic mass is 16.5. The van der Waals surface area contributed by atoms with E-state index in [2.05, 4.69) is 52.8 Å². The second kappa shape index (κ2) is 6.94. The molecule has 0 bridgehead atoms. The van der Waals surface area contributed by atoms with Crippen LogP contribution in [-0.2, 0) is 16.6 Å². The largest absolute Gasteiger partial charge is 0.493 e. The molecule has 1 aliphatic rings. The first-order valence-corrected chi connectivity index (χ1v) is 8.67. The summed E-state index contributed by atoms with van der Waals surface area (Å²) < 4.78 is 5.99. The highest BCUT2D eigenvalue weighted by Crippen LogP contribution is 2.42. The lowest BCUT2D eigenvalue weighted by atomic mass is 9.85. The smallest absolute Gasteiger partial charge is 0.306 e. The molecule has 0 saturated heterocycles. The van der Waals surface area contributed by atoms with Crippen LogP contribution in [0.5, 0.6) is 5.75 Å². The summed E-state index contributed by atoms with van der Waals surface area (Å²) in [5.74, 6) is 1.10. The number of benzene rings is 1. The van der Waals surface area contributed by atoms with Gasteiger partial charge in [-0.05, 0) is 53.7 Å². The number of hydrogen-bond acceptors (Lipinski definition) is 2. The van der Waals surface area contributed by atoms with Crippen molar-refractivity contribution in [3.05, 3.63) is 29.3 Å². The molecule has 2 rings (SSSR count). The van der Waals surface area contributed by atoms with Gasteiger partial charge in [0, 0.05) is 0 Å². The van der Waals surface area contributed by atoms with E-state index >= 15 is 0 Å². The van der Waals surface area contributed by atoms with Gasteiger partial charge < -0.3 is 9.84 Å². The van der Waals surface area contributed by atoms with Crippen molar-refractivity contribution in [3.8, 4) is 5.75 Å². The molecular formula is C20H30O3. The van der Waals surface area contributed by atoms with E-state index in [0.717, 1.165) is 31.6 Å². The fourth-order valence-corrected chi connectivity index (χ4v) is 2.92. The first-order chi connectivity index (χ1) is 10.7. The summed E-state index contributed by atoms with van der Waals surface area (Å²) in [5, 5.41) is 9.00. The first-order valence-electron chi connectivity index (χ1n) is 8.67. The van der Waals surface area contributed by atoms with Crippen molar-refractivity contribution in [1.82, 2.24) is 0 Å². The number of ether oxygens (including phenoxy) is 1. The second-order valence-corrected chi connectivity index (χ2v) is 8.26. The van der Waals surface area contributed by atoms with Crippen molar-refractivity contribution >= 4 is 5.97 Å². The number of aliphatic carboxylic acids is 1. The van der Waals surface area contributed by atoms with E-state index < -0.39 is 5.97 Å². The Morgan fingerprint density at radius 2 is 2.04 bits per heavy atom. The lowest BCUT2D eigenvalue weighted by Gasteiger charge is -2.24. The molecule has 3 heteroatoms. The van der Waals surface area contributed by atoms with Crippen molar-refractivity contribution in [1.29, 1.82) is 0 Å². The molecule has 0 amide bonds. The zero-order valence-electron chi connectivity index (χ0n) is 15.1. The molecule has 128 valence electrons. The van der Waals surface area contributed by atoms with Crippen molar-refractivity contribution in [2.24, 2.45) is 17.8 Å². The molecule has 1 N–H and O–H groups in total. The maximum absolute atomic E-state index is 10.9. The zero-order chi connectivity index (χ0) is 17.2. The summed E-state index contributed by atoms with van der Waals surface area (Å²) in [4.78, 5) is 10.9. The van der Waals surface area contributed by atoms with Crippen LogP contribution in [0.25, 0.3) is 0 Å². The monoisotopic (exact) mass is 318 g/mol. The van der Waals surface area contributed by atoms with E-state index in [4.69, 9.17) is 9.84 Å². The number of hydrogen-bond donors (Lipinski definition) is 1. The molecule has 1 fully saturated rings. The Morgan fingerprint density at radius 1 is 1.35 bits per heavy atom. The lowest BCUT2D eigenvalue weighted by Crippen LogP contribution is -2.15. The molecule has 1 aromatic carbocycles. The number of carbonyl (C=O) groups is 1. The average molecular weight is 318 g/mol. The van der Waals surface area contributed by atoms with Gasteiger partial charge in [0.25, 0.3) is 0 Å². The lowest BCUT2D eigenvalue weighted by molar-refractivity contribution is -0.138. The minimum absolute atomic E-state index is 0.0332. The normalized spacial score (nSPS) is 20.6. The first kappa shape index (κ1) is 17.8. The minimum atomic E-state index is -0.636. The van der Waals surface area contributed by atoms with Gasteiger partial charge in [0.05, 0.1) is 12.5 Å². The molecular weight excluding hydrogens is 288 g/mol. The van der Waals surface area contributed by atoms with Gasteiger partial charge in [0.1, 0.15) is 5.75 Å². The summed E-state index contributed by atoms with van der Waals surface area (Å²) in [6.07, 6.45) is 2.76. The second-order valence-electron chi connectivity index (χ2n) is 8.26. The third kappa shape index (κ3) is 4.98. The predicted octanol–water partition coefficient (Wildman–Crippen LogP) is 4.67. The van der Waals surface area contributed by atoms with Crippen molar-refractivity contribution in [2.45, 2.75) is 59.3 Å². The number of carboxylic acid groups (broad SMARTS) is 1. The number of carboxylic acids is 1. The molecule has 23 heavy (non-hydrogen) atoms. The fraction of sp³-hybridized carbons (Fsp3) is 0.650. The average Bonchev–Trinajstić information content (AvgIpc) is 3.22. The van der Waals surface area contributed by atoms with Gasteiger partial charge in [-0.15, -0.1) is 0 Å². The Bertz CT molecular complexity index is 554. The van der Waals surface area contributed by atoms with E-state index in [1.54, 1.807) is 0 Å². The molecule has 0 aromatic heterocycles. The summed E-state index contributed by atoms with van der Waals surface area (Å²) in [6.45, 7) is 11.6. The van der Waals surface area contributed by atoms with E-state index in [-0.39, 0.29) is 11.3 Å². The Morgan fingerprint density at radius 3 is 2.57 bits per heavy atom. The van der Waals surface area contributed by atoms with Gasteiger partial charge in [0.2, 0.25) is 0 Å². The van der Waals surface area contributed by atoms with Crippen LogP contribution < -0.4 is 4.74 Å². The number of rotatable bonds is 7. The molecule has 0 aliphatic heterocycles. The Balaban J connectivity index is 2.05. The Labute approximate surface area is 140 Å². The van der Waals surface area contributed by atoms with E-state index in [9.17, 15) is 4.79 Å². The summed E-state index contributed by atoms with van der Waals surface area (Å²) in [5.41, 5.74) is 2.55. The van der Waals surface area contributed by atoms with Crippen LogP contribution in [0.15, 0.2) is 18.2 Å². The molecule has 2 atom stereocenters. The van der Waals surface area contributed by atoms with Crippen molar-refractivity contribution in [3.63, 3.8) is 0 Å². The maximum atomic E-state index is 10.9. The third-order valence-corrected chi connectivity index (χ3v) is 4.47. The topological polar surface area (TPSA) is 46.5 Å². The van der Waals surface area contributed by atoms with E-state index in [1.165, 1.54) is 11.1 Å². The van der Waals surface area contributed by atoms with Crippen LogP contribution in [0, 0.1) is 17.8 Å². The summed E-state index contributed by atoms with van der Waals surface area (Å²) in [6, 6.07) is 6.46. The van der Waals surface area contributed by atoms with Crippen LogP contribution in [0.2, 0.25) is 0 Å². The Kier molecular flexibility index (Phi) is 5.38. The molecule has 0 heterocycles. The van der Waals surface area contributed by atoms with Crippen molar-refractivity contribution in [2.75, 3.05) is 6.61 Å². The molecule has 1 aliphatic carbocycles. The van der Waals surface area contributed by atoms with Crippen LogP contribution in [0.3, 0.4) is 0 Å². The van der Waals surface area contributed by atoms with Gasteiger partial charge in [-0.3, -0.25) is 4.79 Å². The molecule has 0 radical (unpaired) electrons. The SMILES string of the molecule is CC(C)COc1ccc(CCC2CC2C(=O)O)cc1C(C)(C)C. The highest BCUT2D eigenvalue weighted by molar-refractivity contribution is 5.73. The number of aryl methyl sites for hydroxylation is 1. The molecule has 1 aromatic rings. The Hall–Kier alpha value is -1.51. The van der Waals surface area contributed by atoms with Gasteiger partial charge >= 0.3 is 5.97 Å². The van der Waals surface area contributed by atoms with Gasteiger partial charge in [-0.2, -0.15) is 0 Å². The van der Waals surface area contributed by atoms with E-state index in [1.807, 2.05) is 0 Å². The van der Waals surface area contributed by atoms with Crippen LogP contribution in [0.4, 0.5) is 0 Å². The predicted molar refractivity (Wildman–Crippen MR) is 93.0 cm³/mol. The standard InChI is InChI=1S/C20H30O3/c1-13(2)12-23-18-9-7-14(10-17(18)20(3,4)5)6-8-15-11-16(15)19(21)22/h7,9-10,13,15-16H,6,8,11-12H2,1-5H3,(H,21,22). The highest BCUT2D eigenvalue weighted by Gasteiger charge is 2.42. The van der Waals surface area contributed by atoms with Gasteiger partial charge in [0.15, 0.2) is 0 Å². The third-order valence-electron chi connectivity index (χ3n) is 4.47. The maximum Gasteiger partial charge on any atom is 0.306 e. The van der Waals surface area contributed by atoms with E-state index in [0.29, 0.717) is 11.8 Å². The molecule has 2 unspecified atom stereocenters. The fourth-order valence-electron chi connectivity index (χ4n) is 2.92. The van der Waals surface area contributed by atoms with Crippen molar-refractivity contribution < 1.29 is 14.6 Å². The summed E-state index contributed by atoms with van der Waals surface area (Å²) in [7, 11) is 0. The van der Waals surface area contributed by atoms with Crippen LogP contribution in [0.1, 0.15) is 58.6 Å². The summed E-state index contributed by atoms with van der Waals surface area (Å²) >= 11 is 0. The molecule has 0 spiro atoms. The van der Waals surface area contributed by atoms with Crippen LogP contribution in [-0.4, -0.2) is 17.7 Å². The van der Waals surface area contributed by atoms with Gasteiger partial charge in [-0.25, -0.2) is 0 Å².